The monoisotopic (exact) mass is 367 g/mol. The van der Waals surface area contributed by atoms with Gasteiger partial charge in [0.2, 0.25) is 5.36 Å². The van der Waals surface area contributed by atoms with E-state index in [-0.39, 0.29) is 0 Å². The molecule has 0 saturated heterocycles. The van der Waals surface area contributed by atoms with Crippen LogP contribution in [0.15, 0.2) is 24.3 Å². The summed E-state index contributed by atoms with van der Waals surface area (Å²) in [4.78, 5) is 2.52. The lowest BCUT2D eigenvalue weighted by Gasteiger charge is -2.36. The highest BCUT2D eigenvalue weighted by molar-refractivity contribution is 5.83. The van der Waals surface area contributed by atoms with Crippen molar-refractivity contribution >= 4 is 23.9 Å². The van der Waals surface area contributed by atoms with Crippen molar-refractivity contribution in [3.05, 3.63) is 62.7 Å². The van der Waals surface area contributed by atoms with E-state index in [1.165, 1.54) is 56.9 Å². The van der Waals surface area contributed by atoms with Crippen LogP contribution in [-0.4, -0.2) is 26.2 Å². The van der Waals surface area contributed by atoms with Crippen LogP contribution >= 0.6 is 0 Å². The fourth-order valence-electron chi connectivity index (χ4n) is 5.80. The predicted molar refractivity (Wildman–Crippen MR) is 114 cm³/mol. The van der Waals surface area contributed by atoms with Gasteiger partial charge in [0, 0.05) is 41.4 Å². The molecular formula is C25H23N2O+. The molecule has 0 unspecified atom stereocenters. The number of hydrogen-bond donors (Lipinski definition) is 0. The lowest BCUT2D eigenvalue weighted by Crippen LogP contribution is -2.42. The Morgan fingerprint density at radius 3 is 2.82 bits per heavy atom. The molecule has 0 aromatic heterocycles. The number of rotatable bonds is 0. The van der Waals surface area contributed by atoms with Gasteiger partial charge in [-0.05, 0) is 55.2 Å². The van der Waals surface area contributed by atoms with Gasteiger partial charge < -0.3 is 9.64 Å². The molecule has 0 bridgehead atoms. The molecule has 2 aromatic rings. The first-order valence-corrected chi connectivity index (χ1v) is 10.6. The van der Waals surface area contributed by atoms with E-state index in [2.05, 4.69) is 52.0 Å². The van der Waals surface area contributed by atoms with Gasteiger partial charge in [0.15, 0.2) is 6.54 Å². The predicted octanol–water partition coefficient (Wildman–Crippen LogP) is 2.86. The second-order valence-corrected chi connectivity index (χ2v) is 8.57. The molecule has 0 spiro atoms. The summed E-state index contributed by atoms with van der Waals surface area (Å²) in [5.41, 5.74) is 8.21. The van der Waals surface area contributed by atoms with Crippen molar-refractivity contribution in [1.82, 2.24) is 4.58 Å². The molecule has 2 aromatic carbocycles. The first-order chi connectivity index (χ1) is 13.9. The maximum absolute atomic E-state index is 6.79. The van der Waals surface area contributed by atoms with Crippen molar-refractivity contribution in [3.63, 3.8) is 0 Å². The molecule has 0 radical (unpaired) electrons. The third-order valence-electron chi connectivity index (χ3n) is 6.92. The van der Waals surface area contributed by atoms with E-state index in [0.29, 0.717) is 0 Å². The number of nitrogens with zero attached hydrogens (tertiary/aromatic N) is 2. The Morgan fingerprint density at radius 1 is 0.893 bits per heavy atom. The molecule has 0 amide bonds. The van der Waals surface area contributed by atoms with Crippen molar-refractivity contribution in [2.75, 3.05) is 31.1 Å². The molecule has 0 N–H and O–H groups in total. The van der Waals surface area contributed by atoms with Crippen molar-refractivity contribution in [2.24, 2.45) is 0 Å². The van der Waals surface area contributed by atoms with Crippen LogP contribution in [0.2, 0.25) is 0 Å². The molecule has 0 fully saturated rings. The van der Waals surface area contributed by atoms with Gasteiger partial charge in [0.1, 0.15) is 18.0 Å². The van der Waals surface area contributed by atoms with Gasteiger partial charge in [-0.1, -0.05) is 12.2 Å². The molecule has 5 aliphatic rings. The van der Waals surface area contributed by atoms with Gasteiger partial charge in [-0.3, -0.25) is 0 Å². The molecule has 3 heteroatoms. The topological polar surface area (TPSA) is 15.5 Å². The lowest BCUT2D eigenvalue weighted by molar-refractivity contribution is 0.446. The van der Waals surface area contributed by atoms with Crippen LogP contribution in [0.4, 0.5) is 5.69 Å². The molecule has 3 nitrogen and oxygen atoms in total. The summed E-state index contributed by atoms with van der Waals surface area (Å²) in [5, 5.41) is 2.66. The van der Waals surface area contributed by atoms with Crippen LogP contribution in [0.5, 0.6) is 11.5 Å². The highest BCUT2D eigenvalue weighted by Gasteiger charge is 2.31. The normalized spacial score (nSPS) is 19.9. The Kier molecular flexibility index (Phi) is 2.91. The van der Waals surface area contributed by atoms with Crippen LogP contribution in [0.1, 0.15) is 40.7 Å². The van der Waals surface area contributed by atoms with E-state index in [0.717, 1.165) is 50.5 Å². The van der Waals surface area contributed by atoms with Crippen LogP contribution in [0.3, 0.4) is 0 Å². The first kappa shape index (κ1) is 15.2. The fourth-order valence-corrected chi connectivity index (χ4v) is 5.80. The third-order valence-corrected chi connectivity index (χ3v) is 6.92. The summed E-state index contributed by atoms with van der Waals surface area (Å²) < 4.78 is 9.31. The van der Waals surface area contributed by atoms with E-state index in [4.69, 9.17) is 4.74 Å². The van der Waals surface area contributed by atoms with Gasteiger partial charge in [-0.2, -0.15) is 0 Å². The van der Waals surface area contributed by atoms with E-state index in [1.807, 2.05) is 0 Å². The van der Waals surface area contributed by atoms with Gasteiger partial charge in [-0.25, -0.2) is 4.58 Å². The maximum Gasteiger partial charge on any atom is 0.214 e. The smallest absolute Gasteiger partial charge is 0.214 e. The van der Waals surface area contributed by atoms with E-state index >= 15 is 0 Å². The Labute approximate surface area is 164 Å². The zero-order valence-corrected chi connectivity index (χ0v) is 16.0. The van der Waals surface area contributed by atoms with Gasteiger partial charge in [0.25, 0.3) is 0 Å². The van der Waals surface area contributed by atoms with E-state index in [1.54, 1.807) is 0 Å². The zero-order valence-electron chi connectivity index (χ0n) is 16.0. The zero-order chi connectivity index (χ0) is 18.2. The van der Waals surface area contributed by atoms with Crippen molar-refractivity contribution in [1.29, 1.82) is 0 Å². The summed E-state index contributed by atoms with van der Waals surface area (Å²) in [6.07, 6.45) is 16.2. The van der Waals surface area contributed by atoms with Gasteiger partial charge in [0.05, 0.1) is 11.3 Å². The molecule has 0 saturated carbocycles. The van der Waals surface area contributed by atoms with E-state index in [9.17, 15) is 0 Å². The molecule has 5 aliphatic heterocycles. The number of benzene rings is 2. The average molecular weight is 367 g/mol. The van der Waals surface area contributed by atoms with Crippen molar-refractivity contribution in [3.8, 4) is 11.5 Å². The maximum atomic E-state index is 6.79. The SMILES string of the molecule is C1=Cc2cc3c(c4c2N(C1)CCC4)Oc1c2c4c(cc1=C3)C=CC[N+]=4CCC2. The van der Waals surface area contributed by atoms with E-state index < -0.39 is 0 Å². The third kappa shape index (κ3) is 1.92. The summed E-state index contributed by atoms with van der Waals surface area (Å²) >= 11 is 0. The fraction of sp³-hybridized carbons (Fsp3) is 0.320. The summed E-state index contributed by atoms with van der Waals surface area (Å²) in [6, 6.07) is 4.66. The quantitative estimate of drug-likeness (QED) is 0.568. The van der Waals surface area contributed by atoms with Crippen LogP contribution in [0, 0.1) is 0 Å². The average Bonchev–Trinajstić information content (AvgIpc) is 2.74. The summed E-state index contributed by atoms with van der Waals surface area (Å²) in [7, 11) is 0. The van der Waals surface area contributed by atoms with Crippen molar-refractivity contribution < 1.29 is 4.74 Å². The minimum Gasteiger partial charge on any atom is -0.455 e. The molecule has 7 rings (SSSR count). The second-order valence-electron chi connectivity index (χ2n) is 8.57. The minimum absolute atomic E-state index is 1.03. The Morgan fingerprint density at radius 2 is 1.82 bits per heavy atom. The Bertz CT molecular complexity index is 1250. The molecule has 138 valence electrons. The highest BCUT2D eigenvalue weighted by Crippen LogP contribution is 2.45. The highest BCUT2D eigenvalue weighted by atomic mass is 16.5. The Balaban J connectivity index is 1.54. The number of ether oxygens (including phenoxy) is 1. The van der Waals surface area contributed by atoms with Crippen LogP contribution < -0.4 is 24.8 Å². The Hall–Kier alpha value is -2.81. The largest absolute Gasteiger partial charge is 0.455 e. The van der Waals surface area contributed by atoms with Gasteiger partial charge in [-0.15, -0.1) is 0 Å². The number of anilines is 1. The molecule has 0 aliphatic carbocycles. The number of hydrogen-bond acceptors (Lipinski definition) is 2. The van der Waals surface area contributed by atoms with Crippen LogP contribution in [0.25, 0.3) is 18.2 Å². The van der Waals surface area contributed by atoms with Crippen molar-refractivity contribution in [2.45, 2.75) is 25.7 Å². The summed E-state index contributed by atoms with van der Waals surface area (Å²) in [6.45, 7) is 4.37. The molecular weight excluding hydrogens is 344 g/mol. The molecule has 28 heavy (non-hydrogen) atoms. The second kappa shape index (κ2) is 5.38. The molecule has 5 heterocycles. The number of fused-ring (bicyclic) bond motifs is 4. The first-order valence-electron chi connectivity index (χ1n) is 10.6. The lowest BCUT2D eigenvalue weighted by atomic mass is 9.89. The van der Waals surface area contributed by atoms with Gasteiger partial charge >= 0.3 is 0 Å². The van der Waals surface area contributed by atoms with Crippen LogP contribution in [-0.2, 0) is 12.8 Å². The summed E-state index contributed by atoms with van der Waals surface area (Å²) in [5.74, 6) is 2.23. The minimum atomic E-state index is 1.03. The molecule has 0 atom stereocenters. The standard InChI is InChI=1S/C25H23N2O/c1-5-16-13-18-15-19-14-17-6-2-10-27-12-4-8-21(23(17)27)25(19)28-24(18)20-7-3-11-26(9-1)22(16)20/h1-2,5-6,13-15H,3-4,7-12H2/q+1.